The van der Waals surface area contributed by atoms with E-state index < -0.39 is 46.0 Å². The van der Waals surface area contributed by atoms with Gasteiger partial charge in [0.1, 0.15) is 18.3 Å². The summed E-state index contributed by atoms with van der Waals surface area (Å²) in [7, 11) is -4.48. The van der Waals surface area contributed by atoms with Crippen molar-refractivity contribution in [3.05, 3.63) is 29.8 Å². The van der Waals surface area contributed by atoms with E-state index in [1.54, 1.807) is 6.92 Å². The van der Waals surface area contributed by atoms with Crippen molar-refractivity contribution in [3.63, 3.8) is 0 Å². The topological polar surface area (TPSA) is 152 Å². The third-order valence-electron chi connectivity index (χ3n) is 3.08. The Balaban J connectivity index is 3.00. The first-order chi connectivity index (χ1) is 10.1. The number of rotatable bonds is 7. The normalized spacial score (nSPS) is 17.5. The minimum Gasteiger partial charge on any atom is -0.394 e. The molecule has 0 aliphatic rings. The highest BCUT2D eigenvalue weighted by molar-refractivity contribution is 7.92. The summed E-state index contributed by atoms with van der Waals surface area (Å²) >= 11 is 0. The fourth-order valence-corrected chi connectivity index (χ4v) is 2.86. The van der Waals surface area contributed by atoms with Crippen LogP contribution in [-0.4, -0.2) is 70.1 Å². The molecule has 8 nitrogen and oxygen atoms in total. The first-order valence-electron chi connectivity index (χ1n) is 6.30. The highest BCUT2D eigenvalue weighted by Gasteiger charge is 2.40. The molecule has 22 heavy (non-hydrogen) atoms. The molecule has 0 saturated heterocycles. The number of benzene rings is 1. The zero-order chi connectivity index (χ0) is 17.1. The van der Waals surface area contributed by atoms with Crippen molar-refractivity contribution in [2.45, 2.75) is 35.6 Å². The molecule has 0 bridgehead atoms. The number of carbonyl (C=O) groups excluding carboxylic acids is 1. The Morgan fingerprint density at radius 1 is 1.09 bits per heavy atom. The van der Waals surface area contributed by atoms with Gasteiger partial charge in [-0.05, 0) is 19.1 Å². The van der Waals surface area contributed by atoms with Crippen LogP contribution in [0.4, 0.5) is 0 Å². The average Bonchev–Trinajstić information content (AvgIpc) is 2.51. The van der Waals surface area contributed by atoms with Crippen LogP contribution in [-0.2, 0) is 14.6 Å². The summed E-state index contributed by atoms with van der Waals surface area (Å²) in [5.41, 5.74) is -1.84. The molecular formula is C13H18O8S. The largest absolute Gasteiger partial charge is 0.394 e. The zero-order valence-electron chi connectivity index (χ0n) is 11.7. The predicted octanol–water partition coefficient (Wildman–Crippen LogP) is -2.27. The number of carbonyl (C=O) groups is 1. The Kier molecular flexibility index (Phi) is 6.17. The van der Waals surface area contributed by atoms with E-state index in [1.165, 1.54) is 24.3 Å². The lowest BCUT2D eigenvalue weighted by Crippen LogP contribution is -2.49. The van der Waals surface area contributed by atoms with E-state index in [-0.39, 0.29) is 4.90 Å². The zero-order valence-corrected chi connectivity index (χ0v) is 12.5. The van der Waals surface area contributed by atoms with Gasteiger partial charge in [-0.2, -0.15) is 0 Å². The third kappa shape index (κ3) is 3.88. The van der Waals surface area contributed by atoms with Gasteiger partial charge in [0, 0.05) is 0 Å². The molecule has 1 rings (SSSR count). The Morgan fingerprint density at radius 3 is 2.05 bits per heavy atom. The van der Waals surface area contributed by atoms with Gasteiger partial charge in [0.2, 0.25) is 21.1 Å². The molecule has 0 aliphatic heterocycles. The molecule has 1 unspecified atom stereocenters. The van der Waals surface area contributed by atoms with E-state index in [4.69, 9.17) is 10.2 Å². The van der Waals surface area contributed by atoms with Gasteiger partial charge in [-0.25, -0.2) is 8.42 Å². The minimum absolute atomic E-state index is 0.330. The van der Waals surface area contributed by atoms with Gasteiger partial charge in [0.15, 0.2) is 0 Å². The van der Waals surface area contributed by atoms with Crippen molar-refractivity contribution in [1.82, 2.24) is 0 Å². The summed E-state index contributed by atoms with van der Waals surface area (Å²) in [5.74, 6) is -1.60. The van der Waals surface area contributed by atoms with Crippen LogP contribution >= 0.6 is 0 Å². The highest BCUT2D eigenvalue weighted by atomic mass is 32.2. The first kappa shape index (κ1) is 18.7. The maximum Gasteiger partial charge on any atom is 0.221 e. The van der Waals surface area contributed by atoms with Crippen LogP contribution in [0.25, 0.3) is 0 Å². The fourth-order valence-electron chi connectivity index (χ4n) is 1.64. The summed E-state index contributed by atoms with van der Waals surface area (Å²) in [6.07, 6.45) is -6.34. The van der Waals surface area contributed by atoms with Crippen molar-refractivity contribution >= 4 is 15.6 Å². The Bertz CT molecular complexity index is 609. The molecule has 0 aromatic heterocycles. The Labute approximate surface area is 127 Å². The van der Waals surface area contributed by atoms with Crippen molar-refractivity contribution in [1.29, 1.82) is 0 Å². The Morgan fingerprint density at radius 2 is 1.59 bits per heavy atom. The summed E-state index contributed by atoms with van der Waals surface area (Å²) in [6, 6.07) is 5.30. The van der Waals surface area contributed by atoms with Crippen LogP contribution in [0.1, 0.15) is 5.56 Å². The number of Topliss-reactive ketones (excluding diaryl/α,β-unsaturated/α-hetero) is 1. The summed E-state index contributed by atoms with van der Waals surface area (Å²) < 4.78 is 24.2. The van der Waals surface area contributed by atoms with Crippen LogP contribution in [0.15, 0.2) is 29.2 Å². The molecular weight excluding hydrogens is 316 g/mol. The predicted molar refractivity (Wildman–Crippen MR) is 74.5 cm³/mol. The van der Waals surface area contributed by atoms with E-state index in [0.717, 1.165) is 5.56 Å². The molecule has 0 radical (unpaired) electrons. The number of aryl methyl sites for hydroxylation is 1. The molecule has 1 aromatic rings. The molecule has 9 heteroatoms. The van der Waals surface area contributed by atoms with E-state index in [9.17, 15) is 28.5 Å². The minimum atomic E-state index is -4.48. The second-order valence-corrected chi connectivity index (χ2v) is 6.81. The van der Waals surface area contributed by atoms with Gasteiger partial charge >= 0.3 is 0 Å². The number of hydrogen-bond acceptors (Lipinski definition) is 8. The lowest BCUT2D eigenvalue weighted by Gasteiger charge is -2.22. The molecule has 0 fully saturated rings. The first-order valence-corrected chi connectivity index (χ1v) is 7.85. The van der Waals surface area contributed by atoms with Crippen molar-refractivity contribution in [2.75, 3.05) is 6.61 Å². The molecule has 0 heterocycles. The van der Waals surface area contributed by atoms with Crippen LogP contribution in [0, 0.1) is 6.92 Å². The van der Waals surface area contributed by atoms with Crippen molar-refractivity contribution in [3.8, 4) is 0 Å². The molecule has 1 aromatic carbocycles. The summed E-state index contributed by atoms with van der Waals surface area (Å²) in [5, 5.41) is 46.4. The Hall–Kier alpha value is -1.36. The highest BCUT2D eigenvalue weighted by Crippen LogP contribution is 2.18. The van der Waals surface area contributed by atoms with Crippen molar-refractivity contribution < 1.29 is 38.7 Å². The van der Waals surface area contributed by atoms with E-state index in [2.05, 4.69) is 0 Å². The van der Waals surface area contributed by atoms with Crippen molar-refractivity contribution in [2.24, 2.45) is 0 Å². The fraction of sp³-hybridized carbons (Fsp3) is 0.462. The molecule has 124 valence electrons. The molecule has 4 atom stereocenters. The molecule has 0 spiro atoms. The lowest BCUT2D eigenvalue weighted by molar-refractivity contribution is -0.144. The second-order valence-electron chi connectivity index (χ2n) is 4.80. The maximum atomic E-state index is 12.1. The van der Waals surface area contributed by atoms with Gasteiger partial charge in [-0.15, -0.1) is 0 Å². The molecule has 0 amide bonds. The number of sulfone groups is 1. The van der Waals surface area contributed by atoms with Gasteiger partial charge in [0.25, 0.3) is 0 Å². The third-order valence-corrected chi connectivity index (χ3v) is 4.83. The smallest absolute Gasteiger partial charge is 0.221 e. The number of hydrogen-bond donors (Lipinski definition) is 5. The average molecular weight is 334 g/mol. The maximum absolute atomic E-state index is 12.1. The van der Waals surface area contributed by atoms with E-state index in [0.29, 0.717) is 0 Å². The summed E-state index contributed by atoms with van der Waals surface area (Å²) in [4.78, 5) is 11.4. The van der Waals surface area contributed by atoms with Gasteiger partial charge < -0.3 is 25.5 Å². The quantitative estimate of drug-likeness (QED) is 0.374. The summed E-state index contributed by atoms with van der Waals surface area (Å²) in [6.45, 7) is 0.765. The van der Waals surface area contributed by atoms with Gasteiger partial charge in [-0.3, -0.25) is 4.79 Å². The standard InChI is InChI=1S/C13H18O8S/c1-7-2-4-8(5-3-7)22(20,21)13(19)12(18)11(17)10(16)9(15)6-14/h2-5,9-11,13-17,19H,6H2,1H3/t9-,10+,11+,13?/m1/s1. The lowest BCUT2D eigenvalue weighted by atomic mass is 10.1. The second kappa shape index (κ2) is 7.27. The van der Waals surface area contributed by atoms with Crippen LogP contribution < -0.4 is 0 Å². The number of aliphatic hydroxyl groups is 5. The van der Waals surface area contributed by atoms with Crippen LogP contribution in [0.5, 0.6) is 0 Å². The van der Waals surface area contributed by atoms with E-state index >= 15 is 0 Å². The van der Waals surface area contributed by atoms with Gasteiger partial charge in [-0.1, -0.05) is 17.7 Å². The number of aliphatic hydroxyl groups excluding tert-OH is 5. The molecule has 0 saturated carbocycles. The molecule has 0 aliphatic carbocycles. The molecule has 5 N–H and O–H groups in total. The van der Waals surface area contributed by atoms with E-state index in [1.807, 2.05) is 0 Å². The SMILES string of the molecule is Cc1ccc(S(=O)(=O)C(O)C(=O)[C@@H](O)[C@@H](O)[C@H](O)CO)cc1. The van der Waals surface area contributed by atoms with Crippen LogP contribution in [0.3, 0.4) is 0 Å². The van der Waals surface area contributed by atoms with Gasteiger partial charge in [0.05, 0.1) is 11.5 Å². The van der Waals surface area contributed by atoms with Crippen LogP contribution in [0.2, 0.25) is 0 Å². The number of ketones is 1. The monoisotopic (exact) mass is 334 g/mol.